The number of aromatic nitrogens is 3. The summed E-state index contributed by atoms with van der Waals surface area (Å²) in [7, 11) is -9.74. The van der Waals surface area contributed by atoms with E-state index in [-0.39, 0.29) is 63.0 Å². The van der Waals surface area contributed by atoms with Crippen molar-refractivity contribution in [2.75, 3.05) is 27.7 Å². The topological polar surface area (TPSA) is 333 Å². The van der Waals surface area contributed by atoms with Gasteiger partial charge in [-0.15, -0.1) is 10.2 Å². The van der Waals surface area contributed by atoms with Gasteiger partial charge in [0.25, 0.3) is 5.91 Å². The molecule has 0 radical (unpaired) electrons. The second-order valence-electron chi connectivity index (χ2n) is 9.58. The number of primary amides is 1. The molecule has 25 heteroatoms. The number of phenols is 1. The van der Waals surface area contributed by atoms with Gasteiger partial charge in [-0.05, 0) is 48.7 Å². The van der Waals surface area contributed by atoms with Crippen molar-refractivity contribution >= 4 is 102 Å². The Morgan fingerprint density at radius 3 is 2.36 bits per heavy atom. The van der Waals surface area contributed by atoms with Gasteiger partial charge in [-0.2, -0.15) is 54.6 Å². The molecule has 0 fully saturated rings. The molecule has 1 aromatic heterocycles. The zero-order valence-corrected chi connectivity index (χ0v) is 28.4. The number of nitrogens with one attached hydrogen (secondary N) is 3. The summed E-state index contributed by atoms with van der Waals surface area (Å²) in [6.07, 6.45) is 0. The van der Waals surface area contributed by atoms with E-state index >= 15 is 0 Å². The molecule has 0 aliphatic heterocycles. The average molecular weight is 773 g/mol. The van der Waals surface area contributed by atoms with Crippen LogP contribution in [0.2, 0.25) is 5.02 Å². The number of aromatic hydroxyl groups is 1. The number of anilines is 4. The van der Waals surface area contributed by atoms with Crippen molar-refractivity contribution in [2.24, 2.45) is 21.9 Å². The fraction of sp³-hybridized carbons (Fsp3) is 0.160. The summed E-state index contributed by atoms with van der Waals surface area (Å²) >= 11 is 9.93. The van der Waals surface area contributed by atoms with E-state index in [1.807, 2.05) is 0 Å². The molecule has 1 heterocycles. The van der Waals surface area contributed by atoms with Gasteiger partial charge in [0, 0.05) is 16.2 Å². The van der Waals surface area contributed by atoms with Gasteiger partial charge >= 0.3 is 32.4 Å². The number of carbonyl (C=O) groups is 2. The molecule has 0 aliphatic carbocycles. The van der Waals surface area contributed by atoms with E-state index in [4.69, 9.17) is 28.0 Å². The van der Waals surface area contributed by atoms with E-state index in [1.165, 1.54) is 18.2 Å². The molecule has 0 aliphatic rings. The maximum Gasteiger partial charge on any atom is 0.357 e. The minimum absolute atomic E-state index is 0.0616. The number of phenolic OH excluding ortho intramolecular Hbond substituents is 1. The quantitative estimate of drug-likeness (QED) is 0.0363. The van der Waals surface area contributed by atoms with Crippen molar-refractivity contribution in [2.45, 2.75) is 17.9 Å². The van der Waals surface area contributed by atoms with Crippen LogP contribution < -0.4 is 31.7 Å². The van der Waals surface area contributed by atoms with E-state index in [9.17, 15) is 41.2 Å². The van der Waals surface area contributed by atoms with Crippen LogP contribution in [0.15, 0.2) is 51.5 Å². The molecule has 0 bridgehead atoms. The summed E-state index contributed by atoms with van der Waals surface area (Å²) in [5.74, 6) is 0.999. The number of hydrogen-bond donors (Lipinski definition) is 9. The number of benzene rings is 3. The number of nitrogens with two attached hydrogens (primary N) is 2. The predicted octanol–water partition coefficient (Wildman–Crippen LogP) is 2.63. The largest absolute Gasteiger partial charge is 0.505 e. The van der Waals surface area contributed by atoms with Crippen LogP contribution in [0.4, 0.5) is 34.6 Å². The molecule has 1 atom stereocenters. The first-order valence-corrected chi connectivity index (χ1v) is 17.3. The number of carboxylic acids is 1. The molecule has 1 unspecified atom stereocenters. The lowest BCUT2D eigenvalue weighted by molar-refractivity contribution is -0.137. The van der Waals surface area contributed by atoms with Gasteiger partial charge in [0.1, 0.15) is 6.04 Å². The molecule has 1 amide bonds. The number of thiol groups is 1. The maximum absolute atomic E-state index is 12.7. The summed E-state index contributed by atoms with van der Waals surface area (Å²) < 4.78 is 69.9. The SMILES string of the molecule is CCOc1nc(Nc2cc(S(=O)(=O)ON)cc3cc(NS(=O)(=O)O)c(N=Nc4ccc(Cl)cc4C(N)=O)c(O)c23)nc(NC(CS)C(=O)O)n1. The van der Waals surface area contributed by atoms with E-state index in [0.717, 1.165) is 18.2 Å². The Morgan fingerprint density at radius 2 is 1.76 bits per heavy atom. The Kier molecular flexibility index (Phi) is 11.5. The highest BCUT2D eigenvalue weighted by Crippen LogP contribution is 2.47. The van der Waals surface area contributed by atoms with Gasteiger partial charge in [0.15, 0.2) is 11.4 Å². The number of amides is 1. The zero-order chi connectivity index (χ0) is 37.0. The van der Waals surface area contributed by atoms with Gasteiger partial charge in [-0.3, -0.25) is 14.1 Å². The molecule has 0 spiro atoms. The molecule has 266 valence electrons. The fourth-order valence-electron chi connectivity index (χ4n) is 4.13. The third kappa shape index (κ3) is 8.91. The van der Waals surface area contributed by atoms with Crippen LogP contribution >= 0.6 is 24.2 Å². The first-order chi connectivity index (χ1) is 23.5. The number of halogens is 1. The lowest BCUT2D eigenvalue weighted by Gasteiger charge is -2.17. The van der Waals surface area contributed by atoms with Gasteiger partial charge < -0.3 is 31.3 Å². The summed E-state index contributed by atoms with van der Waals surface area (Å²) in [6.45, 7) is 1.67. The number of rotatable bonds is 15. The summed E-state index contributed by atoms with van der Waals surface area (Å²) in [5, 5.41) is 33.6. The fourth-order valence-corrected chi connectivity index (χ4v) is 5.63. The molecule has 3 aromatic carbocycles. The molecule has 21 nitrogen and oxygen atoms in total. The minimum atomic E-state index is -5.06. The van der Waals surface area contributed by atoms with E-state index in [0.29, 0.717) is 0 Å². The number of hydrogen-bond acceptors (Lipinski definition) is 18. The molecule has 4 rings (SSSR count). The molecule has 50 heavy (non-hydrogen) atoms. The third-order valence-electron chi connectivity index (χ3n) is 6.21. The Labute approximate surface area is 292 Å². The number of fused-ring (bicyclic) bond motifs is 1. The number of carboxylic acid groups (broad SMARTS) is 1. The summed E-state index contributed by atoms with van der Waals surface area (Å²) in [5.41, 5.74) is 3.46. The minimum Gasteiger partial charge on any atom is -0.505 e. The van der Waals surface area contributed by atoms with Crippen LogP contribution in [0.3, 0.4) is 0 Å². The van der Waals surface area contributed by atoms with Gasteiger partial charge in [0.2, 0.25) is 11.9 Å². The van der Waals surface area contributed by atoms with Crippen LogP contribution in [0.25, 0.3) is 10.8 Å². The second kappa shape index (κ2) is 15.2. The van der Waals surface area contributed by atoms with Crippen molar-refractivity contribution < 1.29 is 50.2 Å². The summed E-state index contributed by atoms with van der Waals surface area (Å²) in [6, 6.07) is 5.03. The van der Waals surface area contributed by atoms with Gasteiger partial charge in [-0.25, -0.2) is 4.79 Å². The Bertz CT molecular complexity index is 2240. The van der Waals surface area contributed by atoms with E-state index < -0.39 is 60.4 Å². The first kappa shape index (κ1) is 37.7. The average Bonchev–Trinajstić information content (AvgIpc) is 3.02. The van der Waals surface area contributed by atoms with Crippen molar-refractivity contribution in [3.8, 4) is 11.8 Å². The zero-order valence-electron chi connectivity index (χ0n) is 25.1. The first-order valence-electron chi connectivity index (χ1n) is 13.5. The van der Waals surface area contributed by atoms with E-state index in [1.54, 1.807) is 11.6 Å². The highest BCUT2D eigenvalue weighted by Gasteiger charge is 2.25. The van der Waals surface area contributed by atoms with E-state index in [2.05, 4.69) is 52.7 Å². The van der Waals surface area contributed by atoms with Crippen LogP contribution in [0, 0.1) is 0 Å². The monoisotopic (exact) mass is 772 g/mol. The Balaban J connectivity index is 2.02. The third-order valence-corrected chi connectivity index (χ3v) is 8.36. The summed E-state index contributed by atoms with van der Waals surface area (Å²) in [4.78, 5) is 35.1. The van der Waals surface area contributed by atoms with Crippen LogP contribution in [-0.2, 0) is 29.5 Å². The predicted molar refractivity (Wildman–Crippen MR) is 181 cm³/mol. The maximum atomic E-state index is 12.7. The van der Waals surface area contributed by atoms with Crippen molar-refractivity contribution in [3.63, 3.8) is 0 Å². The van der Waals surface area contributed by atoms with Crippen LogP contribution in [0.1, 0.15) is 17.3 Å². The highest BCUT2D eigenvalue weighted by molar-refractivity contribution is 7.87. The van der Waals surface area contributed by atoms with Crippen LogP contribution in [-0.4, -0.2) is 76.8 Å². The highest BCUT2D eigenvalue weighted by atomic mass is 35.5. The molecule has 0 saturated heterocycles. The smallest absolute Gasteiger partial charge is 0.357 e. The lowest BCUT2D eigenvalue weighted by atomic mass is 10.0. The van der Waals surface area contributed by atoms with Crippen LogP contribution in [0.5, 0.6) is 11.8 Å². The lowest BCUT2D eigenvalue weighted by Crippen LogP contribution is -2.32. The molecule has 10 N–H and O–H groups in total. The molecule has 4 aromatic rings. The Hall–Kier alpha value is -5.11. The number of carbonyl (C=O) groups excluding carboxylic acids is 1. The van der Waals surface area contributed by atoms with Crippen molar-refractivity contribution in [3.05, 3.63) is 47.0 Å². The molecular formula is C25H25ClN10O11S3. The molecule has 0 saturated carbocycles. The number of azo groups is 1. The van der Waals surface area contributed by atoms with Crippen molar-refractivity contribution in [1.29, 1.82) is 0 Å². The molecular weight excluding hydrogens is 748 g/mol. The van der Waals surface area contributed by atoms with Gasteiger partial charge in [0.05, 0.1) is 34.1 Å². The number of ether oxygens (including phenoxy) is 1. The normalized spacial score (nSPS) is 12.5. The second-order valence-corrected chi connectivity index (χ2v) is 13.1. The van der Waals surface area contributed by atoms with Crippen molar-refractivity contribution in [1.82, 2.24) is 15.0 Å². The Morgan fingerprint density at radius 1 is 1.06 bits per heavy atom. The standard InChI is InChI=1S/C25H25ClN10O11S3/c1-2-46-25-32-23(31-24(33-25)30-17(9-48)22(39)40)29-15-8-12(49(41,42)47-28)5-10-6-16(36-50(43,44)45)19(20(37)18(10)15)35-34-14-4-3-11(26)7-13(14)21(27)38/h3-8,17,36-37,48H,2,9,28H2,1H3,(H2,27,38)(H,39,40)(H,43,44,45)(H2,29,30,31,32,33). The number of nitrogens with zero attached hydrogens (tertiary/aromatic N) is 5. The van der Waals surface area contributed by atoms with Gasteiger partial charge in [-0.1, -0.05) is 11.6 Å². The number of aliphatic carboxylic acids is 1.